The molecule has 0 bridgehead atoms. The number of likely N-dealkylation sites (tertiary alicyclic amines) is 1. The lowest BCUT2D eigenvalue weighted by Gasteiger charge is -2.06. The van der Waals surface area contributed by atoms with Gasteiger partial charge in [-0.2, -0.15) is 0 Å². The normalized spacial score (nSPS) is 28.9. The Bertz CT molecular complexity index is 92.4. The summed E-state index contributed by atoms with van der Waals surface area (Å²) in [5, 5.41) is 0. The molecule has 1 nitrogen and oxygen atoms in total. The van der Waals surface area contributed by atoms with E-state index in [9.17, 15) is 8.78 Å². The lowest BCUT2D eigenvalue weighted by Crippen LogP contribution is -2.19. The lowest BCUT2D eigenvalue weighted by molar-refractivity contribution is 0.0159. The molecule has 46 valence electrons. The highest BCUT2D eigenvalue weighted by Crippen LogP contribution is 2.25. The predicted molar refractivity (Wildman–Crippen MR) is 25.4 cm³/mol. The quantitative estimate of drug-likeness (QED) is 0.459. The summed E-state index contributed by atoms with van der Waals surface area (Å²) in [5.74, 6) is -2.53. The van der Waals surface area contributed by atoms with Gasteiger partial charge >= 0.3 is 0 Å². The van der Waals surface area contributed by atoms with E-state index in [2.05, 4.69) is 0 Å². The van der Waals surface area contributed by atoms with Gasteiger partial charge in [0.25, 0.3) is 5.92 Å². The van der Waals surface area contributed by atoms with Crippen LogP contribution in [0.3, 0.4) is 0 Å². The van der Waals surface area contributed by atoms with Crippen LogP contribution in [0.15, 0.2) is 0 Å². The molecule has 2 radical (unpaired) electrons. The van der Waals surface area contributed by atoms with Crippen LogP contribution in [0.4, 0.5) is 8.78 Å². The molecule has 0 aromatic carbocycles. The number of rotatable bonds is 0. The number of hydrogen-bond donors (Lipinski definition) is 0. The van der Waals surface area contributed by atoms with Gasteiger partial charge in [0.15, 0.2) is 0 Å². The standard InChI is InChI=1S/C5H7F2N/c1-8-3-2-5(6,7)4-8/h1H,2-4H2. The molecule has 1 aliphatic heterocycles. The van der Waals surface area contributed by atoms with Gasteiger partial charge in [-0.3, -0.25) is 4.90 Å². The Morgan fingerprint density at radius 2 is 2.12 bits per heavy atom. The molecular formula is C5H7F2N. The highest BCUT2D eigenvalue weighted by Gasteiger charge is 2.36. The van der Waals surface area contributed by atoms with Crippen molar-refractivity contribution in [2.45, 2.75) is 12.3 Å². The summed E-state index contributed by atoms with van der Waals surface area (Å²) in [6.45, 7) is 0.0278. The van der Waals surface area contributed by atoms with Crippen molar-refractivity contribution in [2.24, 2.45) is 0 Å². The van der Waals surface area contributed by atoms with Gasteiger partial charge in [-0.15, -0.1) is 0 Å². The molecule has 1 aliphatic rings. The van der Waals surface area contributed by atoms with Gasteiger partial charge in [-0.1, -0.05) is 0 Å². The van der Waals surface area contributed by atoms with Crippen LogP contribution in [0.1, 0.15) is 6.42 Å². The molecule has 0 amide bonds. The summed E-state index contributed by atoms with van der Waals surface area (Å²) in [5.41, 5.74) is 0. The van der Waals surface area contributed by atoms with E-state index in [1.807, 2.05) is 0 Å². The zero-order valence-corrected chi connectivity index (χ0v) is 4.40. The summed E-state index contributed by atoms with van der Waals surface area (Å²) in [7, 11) is 5.06. The number of halogens is 2. The fraction of sp³-hybridized carbons (Fsp3) is 0.800. The monoisotopic (exact) mass is 119 g/mol. The van der Waals surface area contributed by atoms with Gasteiger partial charge < -0.3 is 0 Å². The van der Waals surface area contributed by atoms with Gasteiger partial charge in [-0.05, 0) is 0 Å². The third kappa shape index (κ3) is 1.15. The molecule has 0 N–H and O–H groups in total. The molecule has 1 rings (SSSR count). The van der Waals surface area contributed by atoms with Crippen molar-refractivity contribution in [1.29, 1.82) is 0 Å². The van der Waals surface area contributed by atoms with Crippen molar-refractivity contribution in [3.8, 4) is 0 Å². The first-order valence-electron chi connectivity index (χ1n) is 2.48. The molecule has 0 unspecified atom stereocenters. The van der Waals surface area contributed by atoms with Crippen LogP contribution in [-0.4, -0.2) is 23.9 Å². The lowest BCUT2D eigenvalue weighted by atomic mass is 10.3. The van der Waals surface area contributed by atoms with E-state index in [1.165, 1.54) is 0 Å². The molecule has 3 heteroatoms. The molecule has 8 heavy (non-hydrogen) atoms. The molecule has 0 spiro atoms. The maximum absolute atomic E-state index is 12.1. The molecule has 1 saturated heterocycles. The SMILES string of the molecule is [CH]N1CCC(F)(F)C1. The first-order valence-corrected chi connectivity index (χ1v) is 2.48. The van der Waals surface area contributed by atoms with E-state index in [0.717, 1.165) is 4.90 Å². The molecule has 1 fully saturated rings. The highest BCUT2D eigenvalue weighted by molar-refractivity contribution is 4.80. The van der Waals surface area contributed by atoms with Crippen molar-refractivity contribution in [1.82, 2.24) is 4.90 Å². The van der Waals surface area contributed by atoms with Crippen LogP contribution < -0.4 is 0 Å². The topological polar surface area (TPSA) is 3.24 Å². The summed E-state index contributed by atoms with van der Waals surface area (Å²) >= 11 is 0. The van der Waals surface area contributed by atoms with Crippen LogP contribution in [-0.2, 0) is 0 Å². The highest BCUT2D eigenvalue weighted by atomic mass is 19.3. The first-order chi connectivity index (χ1) is 3.60. The maximum atomic E-state index is 12.1. The van der Waals surface area contributed by atoms with Crippen LogP contribution in [0.5, 0.6) is 0 Å². The molecular weight excluding hydrogens is 112 g/mol. The van der Waals surface area contributed by atoms with Crippen LogP contribution >= 0.6 is 0 Å². The molecule has 0 aromatic rings. The van der Waals surface area contributed by atoms with Crippen molar-refractivity contribution in [2.75, 3.05) is 13.1 Å². The van der Waals surface area contributed by atoms with E-state index in [-0.39, 0.29) is 13.0 Å². The van der Waals surface area contributed by atoms with E-state index in [0.29, 0.717) is 6.54 Å². The van der Waals surface area contributed by atoms with E-state index in [1.54, 1.807) is 0 Å². The van der Waals surface area contributed by atoms with Crippen molar-refractivity contribution >= 4 is 0 Å². The first kappa shape index (κ1) is 5.95. The third-order valence-corrected chi connectivity index (χ3v) is 1.20. The summed E-state index contributed by atoms with van der Waals surface area (Å²) in [6, 6.07) is 0. The van der Waals surface area contributed by atoms with Crippen LogP contribution in [0.25, 0.3) is 0 Å². The zero-order chi connectivity index (χ0) is 6.20. The zero-order valence-electron chi connectivity index (χ0n) is 4.40. The van der Waals surface area contributed by atoms with Gasteiger partial charge in [0.1, 0.15) is 0 Å². The van der Waals surface area contributed by atoms with E-state index >= 15 is 0 Å². The van der Waals surface area contributed by atoms with Gasteiger partial charge in [0.2, 0.25) is 0 Å². The molecule has 1 heterocycles. The van der Waals surface area contributed by atoms with E-state index < -0.39 is 5.92 Å². The Morgan fingerprint density at radius 1 is 1.50 bits per heavy atom. The molecule has 0 aromatic heterocycles. The Morgan fingerprint density at radius 3 is 2.25 bits per heavy atom. The molecule has 0 aliphatic carbocycles. The number of alkyl halides is 2. The minimum Gasteiger partial charge on any atom is -0.291 e. The van der Waals surface area contributed by atoms with Crippen molar-refractivity contribution in [3.05, 3.63) is 7.05 Å². The molecule has 0 atom stereocenters. The van der Waals surface area contributed by atoms with E-state index in [4.69, 9.17) is 7.05 Å². The van der Waals surface area contributed by atoms with Gasteiger partial charge in [-0.25, -0.2) is 8.78 Å². The third-order valence-electron chi connectivity index (χ3n) is 1.20. The second kappa shape index (κ2) is 1.65. The van der Waals surface area contributed by atoms with Crippen molar-refractivity contribution < 1.29 is 8.78 Å². The van der Waals surface area contributed by atoms with Crippen LogP contribution in [0, 0.1) is 7.05 Å². The Kier molecular flexibility index (Phi) is 1.23. The second-order valence-electron chi connectivity index (χ2n) is 2.08. The minimum atomic E-state index is -2.53. The maximum Gasteiger partial charge on any atom is 0.261 e. The Hall–Kier alpha value is -0.180. The minimum absolute atomic E-state index is 0.0938. The number of hydrogen-bond acceptors (Lipinski definition) is 1. The Labute approximate surface area is 47.3 Å². The summed E-state index contributed by atoms with van der Waals surface area (Å²) in [6.07, 6.45) is -0.0938. The smallest absolute Gasteiger partial charge is 0.261 e. The largest absolute Gasteiger partial charge is 0.291 e. The summed E-state index contributed by atoms with van der Waals surface area (Å²) < 4.78 is 24.1. The van der Waals surface area contributed by atoms with Gasteiger partial charge in [0, 0.05) is 20.0 Å². The fourth-order valence-electron chi connectivity index (χ4n) is 0.762. The average Bonchev–Trinajstić information content (AvgIpc) is 1.82. The predicted octanol–water partition coefficient (Wildman–Crippen LogP) is 0.996. The second-order valence-corrected chi connectivity index (χ2v) is 2.08. The fourth-order valence-corrected chi connectivity index (χ4v) is 0.762. The van der Waals surface area contributed by atoms with Crippen LogP contribution in [0.2, 0.25) is 0 Å². The van der Waals surface area contributed by atoms with Crippen molar-refractivity contribution in [3.63, 3.8) is 0 Å². The average molecular weight is 119 g/mol. The Balaban J connectivity index is 2.44. The molecule has 0 saturated carbocycles. The van der Waals surface area contributed by atoms with Gasteiger partial charge in [0.05, 0.1) is 6.54 Å². The number of nitrogens with zero attached hydrogens (tertiary/aromatic N) is 1. The summed E-state index contributed by atoms with van der Waals surface area (Å²) in [4.78, 5) is 1.14.